The van der Waals surface area contributed by atoms with Gasteiger partial charge in [0.25, 0.3) is 11.8 Å². The van der Waals surface area contributed by atoms with Crippen LogP contribution < -0.4 is 20.4 Å². The maximum absolute atomic E-state index is 16.0. The summed E-state index contributed by atoms with van der Waals surface area (Å²) in [4.78, 5) is 243. The maximum atomic E-state index is 16.0. The van der Waals surface area contributed by atoms with Crippen LogP contribution in [0.1, 0.15) is 95.9 Å². The van der Waals surface area contributed by atoms with Gasteiger partial charge in [0.2, 0.25) is 11.8 Å². The summed E-state index contributed by atoms with van der Waals surface area (Å²) >= 11 is 0. The van der Waals surface area contributed by atoms with Crippen molar-refractivity contribution < 1.29 is 191 Å². The smallest absolute Gasteiger partial charge is 0.325 e. The van der Waals surface area contributed by atoms with Crippen LogP contribution in [0, 0.1) is 0 Å². The van der Waals surface area contributed by atoms with Crippen LogP contribution in [0.3, 0.4) is 0 Å². The van der Waals surface area contributed by atoms with Crippen molar-refractivity contribution in [1.82, 2.24) is 10.6 Å². The monoisotopic (exact) mass is 1600 g/mol. The van der Waals surface area contributed by atoms with E-state index in [1.54, 1.807) is 0 Å². The first-order chi connectivity index (χ1) is 52.8. The lowest BCUT2D eigenvalue weighted by Crippen LogP contribution is -2.68. The number of benzene rings is 1. The minimum absolute atomic E-state index is 0.231. The van der Waals surface area contributed by atoms with Crippen LogP contribution in [0.4, 0.5) is 11.4 Å². The zero-order chi connectivity index (χ0) is 83.1. The Morgan fingerprint density at radius 3 is 0.920 bits per heavy atom. The molecule has 0 radical (unpaired) electrons. The Morgan fingerprint density at radius 2 is 0.634 bits per heavy atom. The zero-order valence-corrected chi connectivity index (χ0v) is 63.2. The molecule has 620 valence electrons. The fraction of sp³-hybridized carbons (Fsp3) is 0.647. The number of hydrogen-bond acceptors (Lipinski definition) is 40. The Morgan fingerprint density at radius 1 is 0.357 bits per heavy atom. The van der Waals surface area contributed by atoms with E-state index in [0.29, 0.717) is 9.80 Å². The number of carbonyl (C=O) groups excluding carboxylic acids is 18. The van der Waals surface area contributed by atoms with Gasteiger partial charge in [-0.05, 0) is 37.1 Å². The highest BCUT2D eigenvalue weighted by Gasteiger charge is 2.62. The summed E-state index contributed by atoms with van der Waals surface area (Å²) in [5, 5.41) is 4.54. The molecule has 6 aliphatic rings. The first-order valence-electron chi connectivity index (χ1n) is 34.4. The van der Waals surface area contributed by atoms with E-state index < -0.39 is 283 Å². The third-order valence-electron chi connectivity index (χ3n) is 16.2. The quantitative estimate of drug-likeness (QED) is 0.0684. The van der Waals surface area contributed by atoms with E-state index in [1.165, 1.54) is 0 Å². The van der Waals surface area contributed by atoms with Gasteiger partial charge in [-0.3, -0.25) is 86.3 Å². The number of nitrogens with zero attached hydrogens (tertiary/aromatic N) is 2. The van der Waals surface area contributed by atoms with Gasteiger partial charge in [0.1, 0.15) is 63.8 Å². The fourth-order valence-corrected chi connectivity index (χ4v) is 12.0. The van der Waals surface area contributed by atoms with Crippen molar-refractivity contribution in [2.45, 2.75) is 219 Å². The Kier molecular flexibility index (Phi) is 33.9. The number of methoxy groups -OCH3 is 2. The van der Waals surface area contributed by atoms with Gasteiger partial charge in [-0.15, -0.1) is 0 Å². The predicted octanol–water partition coefficient (Wildman–Crippen LogP) is -3.13. The number of fused-ring (bicyclic) bond motifs is 9. The molecule has 44 nitrogen and oxygen atoms in total. The zero-order valence-electron chi connectivity index (χ0n) is 63.2. The van der Waals surface area contributed by atoms with Gasteiger partial charge in [0.15, 0.2) is 98.4 Å². The molecule has 6 bridgehead atoms. The van der Waals surface area contributed by atoms with Gasteiger partial charge in [0, 0.05) is 108 Å². The van der Waals surface area contributed by atoms with E-state index in [4.69, 9.17) is 94.7 Å². The number of rotatable bonds is 26. The molecule has 0 saturated carbocycles. The molecule has 6 aliphatic heterocycles. The van der Waals surface area contributed by atoms with Crippen LogP contribution in [0.15, 0.2) is 24.3 Å². The molecule has 4 fully saturated rings. The highest BCUT2D eigenvalue weighted by Crippen LogP contribution is 2.40. The Balaban J connectivity index is 1.64. The molecule has 4 saturated heterocycles. The van der Waals surface area contributed by atoms with E-state index in [1.807, 2.05) is 0 Å². The van der Waals surface area contributed by atoms with Crippen LogP contribution >= 0.6 is 0 Å². The molecule has 0 spiro atoms. The summed E-state index contributed by atoms with van der Waals surface area (Å²) in [5.74, 6) is -20.2. The lowest BCUT2D eigenvalue weighted by atomic mass is 9.94. The number of ether oxygens (including phenoxy) is 22. The van der Waals surface area contributed by atoms with E-state index in [0.717, 1.165) is 122 Å². The summed E-state index contributed by atoms with van der Waals surface area (Å²) in [5.41, 5.74) is -0.771. The van der Waals surface area contributed by atoms with E-state index in [-0.39, 0.29) is 24.2 Å². The second-order valence-electron chi connectivity index (χ2n) is 25.0. The summed E-state index contributed by atoms with van der Waals surface area (Å²) in [6, 6.07) is 4.17. The third-order valence-corrected chi connectivity index (χ3v) is 16.2. The first kappa shape index (κ1) is 90.2. The van der Waals surface area contributed by atoms with Gasteiger partial charge in [-0.2, -0.15) is 0 Å². The lowest BCUT2D eigenvalue weighted by Gasteiger charge is -2.49. The van der Waals surface area contributed by atoms with Crippen LogP contribution in [-0.4, -0.2) is 297 Å². The molecule has 4 amide bonds. The largest absolute Gasteiger partial charge is 0.468 e. The van der Waals surface area contributed by atoms with Crippen LogP contribution in [0.5, 0.6) is 0 Å². The van der Waals surface area contributed by atoms with Crippen molar-refractivity contribution >= 4 is 119 Å². The topological polar surface area (TPSA) is 541 Å². The first-order valence-corrected chi connectivity index (χ1v) is 34.4. The minimum atomic E-state index is -2.37. The van der Waals surface area contributed by atoms with Crippen molar-refractivity contribution in [2.75, 3.05) is 76.6 Å². The minimum Gasteiger partial charge on any atom is -0.468 e. The van der Waals surface area contributed by atoms with E-state index in [9.17, 15) is 76.7 Å². The van der Waals surface area contributed by atoms with E-state index in [2.05, 4.69) is 20.1 Å². The average Bonchev–Trinajstić information content (AvgIpc) is 0.747. The average molecular weight is 1600 g/mol. The molecule has 0 aliphatic carbocycles. The van der Waals surface area contributed by atoms with Crippen molar-refractivity contribution in [1.29, 1.82) is 0 Å². The summed E-state index contributed by atoms with van der Waals surface area (Å²) in [6.07, 6.45) is -42.2. The number of nitrogens with one attached hydrogen (secondary N) is 2. The Hall–Kier alpha value is -10.6. The molecule has 44 heteroatoms. The number of hydrogen-bond donors (Lipinski definition) is 2. The van der Waals surface area contributed by atoms with Crippen LogP contribution in [0.2, 0.25) is 0 Å². The molecule has 20 atom stereocenters. The number of anilines is 2. The predicted molar refractivity (Wildman–Crippen MR) is 356 cm³/mol. The molecule has 1 aromatic carbocycles. The summed E-state index contributed by atoms with van der Waals surface area (Å²) in [6.45, 7) is 4.27. The molecular formula is C68H88N4O40. The molecule has 0 unspecified atom stereocenters. The van der Waals surface area contributed by atoms with E-state index >= 15 is 9.59 Å². The number of carbonyl (C=O) groups is 18. The molecular weight excluding hydrogens is 1510 g/mol. The molecule has 1 aromatic rings. The van der Waals surface area contributed by atoms with Gasteiger partial charge in [-0.25, -0.2) is 0 Å². The van der Waals surface area contributed by atoms with Crippen molar-refractivity contribution in [2.24, 2.45) is 0 Å². The Labute approximate surface area is 637 Å². The standard InChI is InChI=1S/C68H88N4O40/c1-29(73)95-27-43-49(97-31(3)75)51(99-33(5)77)61(105-39(11)83)67(107-43)109-55-53(101-35(7)79)57-63(89)71(25-45(85)69-23-47(87)91-13)41-17-19-42(20-18-41)72(26-46(86)70-24-48(88)92-14)64(90)58-54(102-36(8)80)56(60(104-38(10)82)66(112-58)94-22-16-15-21-93-65(111-57)59(55)103-37(9)81)110-68-62(106-40(12)84)52(100-34(6)78)50(98-32(4)76)44(108-68)28-96-30(2)74/h17-20,43-44,49-62,65-68H,15-16,21-28H2,1-14H3,(H,69,85)(H,70,86)/t43-,44-,49-,50-,51+,52+,53+,54+,55+,56+,57+,58+,59-,60-,61+,62+,65+,66+,67-,68-/m1/s1. The SMILES string of the molecule is COC(=O)CNC(=O)CN1C(=O)[C@H]2O[C@H](OCCCCO[C@H]3O[C@H](C(=O)N(CC(=O)NCC(=O)OC)c4ccc1cc4)[C@@H](OC(C)=O)[C@H](O[C@H]1O[C@H](COC(C)=O)[C@@H](OC(C)=O)[C@H](OC(C)=O)[C@@H]1OC(C)=O)[C@H]3OC(C)=O)[C@H](OC(C)=O)[C@@H](O[C@H]1O[C@H](COC(C)=O)[C@@H](OC(C)=O)[C@H](OC(C)=O)[C@@H]1OC(C)=O)[C@@H]2OC(C)=O. The van der Waals surface area contributed by atoms with Crippen LogP contribution in [0.25, 0.3) is 0 Å². The molecule has 0 aromatic heterocycles. The second kappa shape index (κ2) is 42.1. The van der Waals surface area contributed by atoms with Crippen LogP contribution in [-0.2, 0) is 191 Å². The van der Waals surface area contributed by atoms with Gasteiger partial charge in [0.05, 0.1) is 14.2 Å². The normalized spacial score (nSPS) is 28.6. The lowest BCUT2D eigenvalue weighted by molar-refractivity contribution is -0.358. The molecule has 6 heterocycles. The van der Waals surface area contributed by atoms with Gasteiger partial charge >= 0.3 is 83.6 Å². The maximum Gasteiger partial charge on any atom is 0.325 e. The molecule has 7 rings (SSSR count). The fourth-order valence-electron chi connectivity index (χ4n) is 12.0. The highest BCUT2D eigenvalue weighted by atomic mass is 16.8. The molecule has 112 heavy (non-hydrogen) atoms. The highest BCUT2D eigenvalue weighted by molar-refractivity contribution is 6.04. The third kappa shape index (κ3) is 26.0. The van der Waals surface area contributed by atoms with Gasteiger partial charge in [-0.1, -0.05) is 0 Å². The second-order valence-corrected chi connectivity index (χ2v) is 25.0. The summed E-state index contributed by atoms with van der Waals surface area (Å²) < 4.78 is 128. The molecule has 2 N–H and O–H groups in total. The number of amides is 4. The van der Waals surface area contributed by atoms with Gasteiger partial charge < -0.3 is 125 Å². The summed E-state index contributed by atoms with van der Waals surface area (Å²) in [7, 11) is 1.99. The van der Waals surface area contributed by atoms with Crippen molar-refractivity contribution in [3.05, 3.63) is 24.3 Å². The van der Waals surface area contributed by atoms with Crippen molar-refractivity contribution in [3.63, 3.8) is 0 Å². The number of esters is 14. The Bertz CT molecular complexity index is 3400. The van der Waals surface area contributed by atoms with Crippen molar-refractivity contribution in [3.8, 4) is 0 Å².